The Morgan fingerprint density at radius 3 is 2.44 bits per heavy atom. The molecule has 0 saturated heterocycles. The maximum atomic E-state index is 9.98. The molecule has 0 atom stereocenters. The molecule has 0 fully saturated rings. The second-order valence-corrected chi connectivity index (χ2v) is 3.90. The Bertz CT molecular complexity index is 699. The third kappa shape index (κ3) is 1.86. The summed E-state index contributed by atoms with van der Waals surface area (Å²) in [6.07, 6.45) is 1.53. The van der Waals surface area contributed by atoms with Crippen LogP contribution in [0.3, 0.4) is 0 Å². The molecule has 3 nitrogen and oxygen atoms in total. The molecule has 0 aliphatic rings. The van der Waals surface area contributed by atoms with Crippen molar-refractivity contribution in [3.8, 4) is 5.75 Å². The van der Waals surface area contributed by atoms with Crippen LogP contribution in [0.25, 0.3) is 11.0 Å². The lowest BCUT2D eigenvalue weighted by molar-refractivity contribution is 0.462. The average Bonchev–Trinajstić information content (AvgIpc) is 2.75. The first-order valence-corrected chi connectivity index (χ1v) is 5.64. The summed E-state index contributed by atoms with van der Waals surface area (Å²) in [5.41, 5.74) is 1.47. The SMILES string of the molecule is Oc1c(C=Nc2ccccc2)oc2ccccc12. The Morgan fingerprint density at radius 1 is 0.944 bits per heavy atom. The van der Waals surface area contributed by atoms with Gasteiger partial charge in [0.2, 0.25) is 0 Å². The van der Waals surface area contributed by atoms with Crippen LogP contribution in [0, 0.1) is 0 Å². The van der Waals surface area contributed by atoms with Crippen molar-refractivity contribution in [3.63, 3.8) is 0 Å². The van der Waals surface area contributed by atoms with Crippen LogP contribution in [0.4, 0.5) is 5.69 Å². The van der Waals surface area contributed by atoms with Crippen molar-refractivity contribution < 1.29 is 9.52 Å². The summed E-state index contributed by atoms with van der Waals surface area (Å²) in [4.78, 5) is 4.25. The summed E-state index contributed by atoms with van der Waals surface area (Å²) < 4.78 is 5.52. The zero-order valence-electron chi connectivity index (χ0n) is 9.58. The van der Waals surface area contributed by atoms with Gasteiger partial charge in [-0.15, -0.1) is 0 Å². The Balaban J connectivity index is 2.00. The molecule has 3 aromatic rings. The number of aromatic hydroxyl groups is 1. The molecule has 18 heavy (non-hydrogen) atoms. The van der Waals surface area contributed by atoms with Crippen molar-refractivity contribution in [2.45, 2.75) is 0 Å². The summed E-state index contributed by atoms with van der Waals surface area (Å²) in [7, 11) is 0. The van der Waals surface area contributed by atoms with Gasteiger partial charge in [0, 0.05) is 0 Å². The highest BCUT2D eigenvalue weighted by molar-refractivity contribution is 5.94. The fourth-order valence-electron chi connectivity index (χ4n) is 1.79. The van der Waals surface area contributed by atoms with Crippen LogP contribution in [0.15, 0.2) is 64.0 Å². The van der Waals surface area contributed by atoms with E-state index in [0.29, 0.717) is 16.7 Å². The number of hydrogen-bond donors (Lipinski definition) is 1. The number of para-hydroxylation sites is 2. The van der Waals surface area contributed by atoms with E-state index in [2.05, 4.69) is 4.99 Å². The molecular formula is C15H11NO2. The Hall–Kier alpha value is -2.55. The minimum atomic E-state index is 0.130. The van der Waals surface area contributed by atoms with Gasteiger partial charge in [-0.2, -0.15) is 0 Å². The topological polar surface area (TPSA) is 45.7 Å². The quantitative estimate of drug-likeness (QED) is 0.687. The average molecular weight is 237 g/mol. The Kier molecular flexibility index (Phi) is 2.57. The third-order valence-corrected chi connectivity index (χ3v) is 2.68. The highest BCUT2D eigenvalue weighted by Crippen LogP contribution is 2.30. The largest absolute Gasteiger partial charge is 0.504 e. The van der Waals surface area contributed by atoms with Crippen molar-refractivity contribution in [2.75, 3.05) is 0 Å². The van der Waals surface area contributed by atoms with Gasteiger partial charge >= 0.3 is 0 Å². The zero-order valence-corrected chi connectivity index (χ0v) is 9.58. The van der Waals surface area contributed by atoms with E-state index in [0.717, 1.165) is 5.69 Å². The first-order valence-electron chi connectivity index (χ1n) is 5.64. The van der Waals surface area contributed by atoms with E-state index in [1.165, 1.54) is 6.21 Å². The van der Waals surface area contributed by atoms with Crippen molar-refractivity contribution in [2.24, 2.45) is 4.99 Å². The third-order valence-electron chi connectivity index (χ3n) is 2.68. The van der Waals surface area contributed by atoms with Gasteiger partial charge in [0.1, 0.15) is 5.58 Å². The summed E-state index contributed by atoms with van der Waals surface area (Å²) in [6, 6.07) is 16.9. The minimum absolute atomic E-state index is 0.130. The van der Waals surface area contributed by atoms with Crippen LogP contribution in [-0.4, -0.2) is 11.3 Å². The van der Waals surface area contributed by atoms with E-state index < -0.39 is 0 Å². The number of benzene rings is 2. The molecule has 1 N–H and O–H groups in total. The molecule has 3 rings (SSSR count). The van der Waals surface area contributed by atoms with E-state index in [9.17, 15) is 5.11 Å². The monoisotopic (exact) mass is 237 g/mol. The molecule has 0 radical (unpaired) electrons. The maximum absolute atomic E-state index is 9.98. The van der Waals surface area contributed by atoms with Crippen molar-refractivity contribution in [3.05, 3.63) is 60.4 Å². The fraction of sp³-hybridized carbons (Fsp3) is 0. The molecule has 0 aliphatic carbocycles. The van der Waals surface area contributed by atoms with Crippen LogP contribution < -0.4 is 0 Å². The first kappa shape index (κ1) is 10.6. The first-order chi connectivity index (χ1) is 8.84. The fourth-order valence-corrected chi connectivity index (χ4v) is 1.79. The Morgan fingerprint density at radius 2 is 1.67 bits per heavy atom. The van der Waals surface area contributed by atoms with E-state index >= 15 is 0 Å². The lowest BCUT2D eigenvalue weighted by atomic mass is 10.2. The van der Waals surface area contributed by atoms with Crippen molar-refractivity contribution >= 4 is 22.9 Å². The molecule has 0 amide bonds. The summed E-state index contributed by atoms with van der Waals surface area (Å²) in [6.45, 7) is 0. The van der Waals surface area contributed by atoms with Gasteiger partial charge in [0.25, 0.3) is 0 Å². The highest BCUT2D eigenvalue weighted by atomic mass is 16.4. The summed E-state index contributed by atoms with van der Waals surface area (Å²) >= 11 is 0. The predicted octanol–water partition coefficient (Wildman–Crippen LogP) is 3.89. The van der Waals surface area contributed by atoms with Gasteiger partial charge in [-0.3, -0.25) is 4.99 Å². The van der Waals surface area contributed by atoms with Gasteiger partial charge in [-0.05, 0) is 24.3 Å². The minimum Gasteiger partial charge on any atom is -0.504 e. The normalized spacial score (nSPS) is 11.3. The number of rotatable bonds is 2. The predicted molar refractivity (Wildman–Crippen MR) is 71.6 cm³/mol. The molecule has 1 aromatic heterocycles. The van der Waals surface area contributed by atoms with Gasteiger partial charge in [-0.25, -0.2) is 0 Å². The van der Waals surface area contributed by atoms with Crippen molar-refractivity contribution in [1.29, 1.82) is 0 Å². The van der Waals surface area contributed by atoms with Crippen LogP contribution in [0.1, 0.15) is 5.76 Å². The van der Waals surface area contributed by atoms with Crippen LogP contribution >= 0.6 is 0 Å². The molecular weight excluding hydrogens is 226 g/mol. The summed E-state index contributed by atoms with van der Waals surface area (Å²) in [5, 5.41) is 10.7. The van der Waals surface area contributed by atoms with E-state index in [1.807, 2.05) is 54.6 Å². The second kappa shape index (κ2) is 4.37. The van der Waals surface area contributed by atoms with Crippen LogP contribution in [0.2, 0.25) is 0 Å². The molecule has 2 aromatic carbocycles. The molecule has 88 valence electrons. The summed E-state index contributed by atoms with van der Waals surface area (Å²) in [5.74, 6) is 0.505. The van der Waals surface area contributed by atoms with Gasteiger partial charge in [-0.1, -0.05) is 30.3 Å². The number of furan rings is 1. The Labute approximate surface area is 104 Å². The van der Waals surface area contributed by atoms with Crippen LogP contribution in [0.5, 0.6) is 5.75 Å². The zero-order chi connectivity index (χ0) is 12.4. The van der Waals surface area contributed by atoms with Gasteiger partial charge < -0.3 is 9.52 Å². The molecule has 0 saturated carbocycles. The second-order valence-electron chi connectivity index (χ2n) is 3.90. The van der Waals surface area contributed by atoms with E-state index in [-0.39, 0.29) is 5.75 Å². The standard InChI is InChI=1S/C15H11NO2/c17-15-12-8-4-5-9-13(12)18-14(15)10-16-11-6-2-1-3-7-11/h1-10,17H. The highest BCUT2D eigenvalue weighted by Gasteiger charge is 2.10. The maximum Gasteiger partial charge on any atom is 0.188 e. The molecule has 0 aliphatic heterocycles. The molecule has 0 unspecified atom stereocenters. The number of fused-ring (bicyclic) bond motifs is 1. The lowest BCUT2D eigenvalue weighted by Gasteiger charge is -1.90. The lowest BCUT2D eigenvalue weighted by Crippen LogP contribution is -1.75. The number of aliphatic imine (C=N–C) groups is 1. The molecule has 3 heteroatoms. The molecule has 1 heterocycles. The number of nitrogens with zero attached hydrogens (tertiary/aromatic N) is 1. The van der Waals surface area contributed by atoms with Gasteiger partial charge in [0.05, 0.1) is 17.3 Å². The van der Waals surface area contributed by atoms with Crippen LogP contribution in [-0.2, 0) is 0 Å². The molecule has 0 bridgehead atoms. The number of hydrogen-bond acceptors (Lipinski definition) is 3. The molecule has 0 spiro atoms. The smallest absolute Gasteiger partial charge is 0.188 e. The van der Waals surface area contributed by atoms with E-state index in [1.54, 1.807) is 0 Å². The van der Waals surface area contributed by atoms with Gasteiger partial charge in [0.15, 0.2) is 11.5 Å². The van der Waals surface area contributed by atoms with E-state index in [4.69, 9.17) is 4.42 Å². The van der Waals surface area contributed by atoms with Crippen molar-refractivity contribution in [1.82, 2.24) is 0 Å².